The minimum Gasteiger partial charge on any atom is -0.356 e. The van der Waals surface area contributed by atoms with Crippen LogP contribution in [-0.4, -0.2) is 27.8 Å². The minimum atomic E-state index is 0.128. The van der Waals surface area contributed by atoms with Crippen molar-refractivity contribution in [2.45, 2.75) is 58.2 Å². The van der Waals surface area contributed by atoms with Crippen molar-refractivity contribution in [3.05, 3.63) is 95.6 Å². The standard InChI is InChI=1S/C32H37N3OS/c1-4-35-31(28-19-14-25(3)15-20-28)30(27-17-12-24(2)13-18-27)34-32(35)37-23-9-8-22-33-29(36)21-16-26-10-6-5-7-11-26/h5-7,10-15,17-20H,4,8-9,16,21-23H2,1-3H3,(H,33,36). The van der Waals surface area contributed by atoms with Crippen LogP contribution in [0.25, 0.3) is 22.5 Å². The number of carbonyl (C=O) groups excluding carboxylic acids is 1. The van der Waals surface area contributed by atoms with Gasteiger partial charge in [-0.05, 0) is 45.6 Å². The highest BCUT2D eigenvalue weighted by molar-refractivity contribution is 7.99. The van der Waals surface area contributed by atoms with Gasteiger partial charge in [0.05, 0.1) is 11.4 Å². The first-order valence-corrected chi connectivity index (χ1v) is 14.2. The molecule has 0 atom stereocenters. The Kier molecular flexibility index (Phi) is 9.61. The number of hydrogen-bond donors (Lipinski definition) is 1. The summed E-state index contributed by atoms with van der Waals surface area (Å²) in [6.07, 6.45) is 3.32. The second kappa shape index (κ2) is 13.3. The fraction of sp³-hybridized carbons (Fsp3) is 0.312. The summed E-state index contributed by atoms with van der Waals surface area (Å²) in [5, 5.41) is 4.13. The van der Waals surface area contributed by atoms with Crippen molar-refractivity contribution >= 4 is 17.7 Å². The number of aromatic nitrogens is 2. The van der Waals surface area contributed by atoms with Gasteiger partial charge in [-0.15, -0.1) is 0 Å². The Morgan fingerprint density at radius 1 is 0.865 bits per heavy atom. The number of nitrogens with zero attached hydrogens (tertiary/aromatic N) is 2. The number of thioether (sulfide) groups is 1. The largest absolute Gasteiger partial charge is 0.356 e. The quantitative estimate of drug-likeness (QED) is 0.158. The van der Waals surface area contributed by atoms with Crippen LogP contribution in [0.4, 0.5) is 0 Å². The van der Waals surface area contributed by atoms with E-state index >= 15 is 0 Å². The monoisotopic (exact) mass is 511 g/mol. The van der Waals surface area contributed by atoms with Crippen molar-refractivity contribution in [1.29, 1.82) is 0 Å². The number of imidazole rings is 1. The average Bonchev–Trinajstić information content (AvgIpc) is 3.29. The SMILES string of the molecule is CCn1c(SCCCCNC(=O)CCc2ccccc2)nc(-c2ccc(C)cc2)c1-c1ccc(C)cc1. The van der Waals surface area contributed by atoms with Gasteiger partial charge in [0.1, 0.15) is 0 Å². The lowest BCUT2D eigenvalue weighted by Crippen LogP contribution is -2.24. The molecule has 0 aliphatic rings. The maximum absolute atomic E-state index is 12.2. The molecule has 4 rings (SSSR count). The molecule has 0 fully saturated rings. The predicted molar refractivity (Wildman–Crippen MR) is 156 cm³/mol. The number of benzene rings is 3. The maximum atomic E-state index is 12.2. The molecule has 5 heteroatoms. The zero-order valence-corrected chi connectivity index (χ0v) is 23.0. The summed E-state index contributed by atoms with van der Waals surface area (Å²) in [7, 11) is 0. The number of aryl methyl sites for hydroxylation is 3. The minimum absolute atomic E-state index is 0.128. The summed E-state index contributed by atoms with van der Waals surface area (Å²) >= 11 is 1.81. The Morgan fingerprint density at radius 3 is 2.16 bits per heavy atom. The Bertz CT molecular complexity index is 1280. The van der Waals surface area contributed by atoms with Crippen LogP contribution in [0.2, 0.25) is 0 Å². The Hall–Kier alpha value is -3.31. The second-order valence-electron chi connectivity index (χ2n) is 9.46. The molecule has 0 saturated carbocycles. The highest BCUT2D eigenvalue weighted by atomic mass is 32.2. The molecular weight excluding hydrogens is 474 g/mol. The van der Waals surface area contributed by atoms with Crippen LogP contribution in [0.3, 0.4) is 0 Å². The van der Waals surface area contributed by atoms with E-state index in [-0.39, 0.29) is 5.91 Å². The molecule has 0 unspecified atom stereocenters. The van der Waals surface area contributed by atoms with Gasteiger partial charge in [-0.2, -0.15) is 0 Å². The molecule has 1 heterocycles. The number of carbonyl (C=O) groups is 1. The van der Waals surface area contributed by atoms with E-state index in [1.165, 1.54) is 27.9 Å². The zero-order valence-electron chi connectivity index (χ0n) is 22.2. The second-order valence-corrected chi connectivity index (χ2v) is 10.5. The van der Waals surface area contributed by atoms with Crippen LogP contribution in [0.5, 0.6) is 0 Å². The van der Waals surface area contributed by atoms with Gasteiger partial charge in [0.25, 0.3) is 0 Å². The summed E-state index contributed by atoms with van der Waals surface area (Å²) in [5.74, 6) is 1.10. The van der Waals surface area contributed by atoms with Gasteiger partial charge in [-0.25, -0.2) is 4.98 Å². The van der Waals surface area contributed by atoms with Gasteiger partial charge in [-0.3, -0.25) is 4.79 Å². The number of nitrogens with one attached hydrogen (secondary N) is 1. The summed E-state index contributed by atoms with van der Waals surface area (Å²) in [4.78, 5) is 17.3. The molecule has 3 aromatic carbocycles. The van der Waals surface area contributed by atoms with E-state index in [0.29, 0.717) is 6.42 Å². The third kappa shape index (κ3) is 7.36. The molecule has 0 aliphatic carbocycles. The van der Waals surface area contributed by atoms with Crippen LogP contribution in [0, 0.1) is 13.8 Å². The Balaban J connectivity index is 1.36. The fourth-order valence-electron chi connectivity index (χ4n) is 4.36. The van der Waals surface area contributed by atoms with Crippen molar-refractivity contribution in [3.63, 3.8) is 0 Å². The van der Waals surface area contributed by atoms with Gasteiger partial charge in [0.2, 0.25) is 5.91 Å². The van der Waals surface area contributed by atoms with Crippen molar-refractivity contribution in [2.75, 3.05) is 12.3 Å². The van der Waals surface area contributed by atoms with E-state index in [1.54, 1.807) is 0 Å². The maximum Gasteiger partial charge on any atom is 0.220 e. The predicted octanol–water partition coefficient (Wildman–Crippen LogP) is 7.48. The van der Waals surface area contributed by atoms with Crippen molar-refractivity contribution < 1.29 is 4.79 Å². The molecule has 37 heavy (non-hydrogen) atoms. The van der Waals surface area contributed by atoms with Crippen LogP contribution in [-0.2, 0) is 17.8 Å². The highest BCUT2D eigenvalue weighted by Gasteiger charge is 2.19. The van der Waals surface area contributed by atoms with Crippen molar-refractivity contribution in [1.82, 2.24) is 14.9 Å². The molecule has 0 bridgehead atoms. The van der Waals surface area contributed by atoms with Gasteiger partial charge >= 0.3 is 0 Å². The third-order valence-electron chi connectivity index (χ3n) is 6.51. The lowest BCUT2D eigenvalue weighted by atomic mass is 10.0. The van der Waals surface area contributed by atoms with E-state index in [4.69, 9.17) is 4.98 Å². The molecular formula is C32H37N3OS. The lowest BCUT2D eigenvalue weighted by Gasteiger charge is -2.11. The fourth-order valence-corrected chi connectivity index (χ4v) is 5.43. The molecule has 1 amide bonds. The molecule has 4 aromatic rings. The number of unbranched alkanes of at least 4 members (excludes halogenated alkanes) is 1. The van der Waals surface area contributed by atoms with E-state index in [1.807, 2.05) is 30.0 Å². The number of hydrogen-bond acceptors (Lipinski definition) is 3. The third-order valence-corrected chi connectivity index (χ3v) is 7.57. The molecule has 1 aromatic heterocycles. The van der Waals surface area contributed by atoms with Gasteiger partial charge < -0.3 is 9.88 Å². The van der Waals surface area contributed by atoms with Crippen LogP contribution in [0.1, 0.15) is 42.9 Å². The molecule has 0 spiro atoms. The van der Waals surface area contributed by atoms with Gasteiger partial charge in [-0.1, -0.05) is 102 Å². The van der Waals surface area contributed by atoms with E-state index in [2.05, 4.69) is 91.3 Å². The van der Waals surface area contributed by atoms with Crippen molar-refractivity contribution in [3.8, 4) is 22.5 Å². The molecule has 0 aliphatic heterocycles. The molecule has 0 radical (unpaired) electrons. The summed E-state index contributed by atoms with van der Waals surface area (Å²) in [6.45, 7) is 8.01. The first kappa shape index (κ1) is 26.7. The number of rotatable bonds is 12. The summed E-state index contributed by atoms with van der Waals surface area (Å²) < 4.78 is 2.34. The van der Waals surface area contributed by atoms with E-state index in [0.717, 1.165) is 54.5 Å². The molecule has 1 N–H and O–H groups in total. The average molecular weight is 512 g/mol. The van der Waals surface area contributed by atoms with Crippen LogP contribution in [0.15, 0.2) is 84.0 Å². The number of amides is 1. The van der Waals surface area contributed by atoms with Gasteiger partial charge in [0.15, 0.2) is 5.16 Å². The molecule has 0 saturated heterocycles. The molecule has 192 valence electrons. The van der Waals surface area contributed by atoms with Crippen LogP contribution >= 0.6 is 11.8 Å². The summed E-state index contributed by atoms with van der Waals surface area (Å²) in [5.41, 5.74) is 8.27. The first-order valence-electron chi connectivity index (χ1n) is 13.2. The Morgan fingerprint density at radius 2 is 1.51 bits per heavy atom. The summed E-state index contributed by atoms with van der Waals surface area (Å²) in [6, 6.07) is 27.6. The normalized spacial score (nSPS) is 11.0. The van der Waals surface area contributed by atoms with Crippen LogP contribution < -0.4 is 5.32 Å². The first-order chi connectivity index (χ1) is 18.0. The topological polar surface area (TPSA) is 46.9 Å². The zero-order chi connectivity index (χ0) is 26.0. The van der Waals surface area contributed by atoms with Crippen molar-refractivity contribution in [2.24, 2.45) is 0 Å². The Labute approximate surface area is 225 Å². The van der Waals surface area contributed by atoms with E-state index in [9.17, 15) is 4.79 Å². The lowest BCUT2D eigenvalue weighted by molar-refractivity contribution is -0.121. The van der Waals surface area contributed by atoms with E-state index < -0.39 is 0 Å². The molecule has 4 nitrogen and oxygen atoms in total. The van der Waals surface area contributed by atoms with Gasteiger partial charge in [0, 0.05) is 36.4 Å². The smallest absolute Gasteiger partial charge is 0.220 e. The highest BCUT2D eigenvalue weighted by Crippen LogP contribution is 2.36.